The number of carbonyl (C=O) groups is 2. The molecule has 2 aromatic rings. The van der Waals surface area contributed by atoms with Crippen molar-refractivity contribution in [3.63, 3.8) is 0 Å². The molecular formula is C18H21NO4S. The first-order valence-corrected chi connectivity index (χ1v) is 8.11. The molecule has 4 N–H and O–H groups in total. The van der Waals surface area contributed by atoms with E-state index in [1.807, 2.05) is 6.07 Å². The van der Waals surface area contributed by atoms with Gasteiger partial charge >= 0.3 is 11.9 Å². The zero-order valence-corrected chi connectivity index (χ0v) is 14.4. The van der Waals surface area contributed by atoms with Crippen LogP contribution in [0.3, 0.4) is 0 Å². The van der Waals surface area contributed by atoms with Gasteiger partial charge in [0.15, 0.2) is 0 Å². The predicted octanol–water partition coefficient (Wildman–Crippen LogP) is 3.18. The zero-order chi connectivity index (χ0) is 18.2. The third kappa shape index (κ3) is 6.76. The minimum Gasteiger partial charge on any atom is -0.478 e. The van der Waals surface area contributed by atoms with E-state index < -0.39 is 11.9 Å². The van der Waals surface area contributed by atoms with Crippen LogP contribution in [0.1, 0.15) is 22.9 Å². The van der Waals surface area contributed by atoms with E-state index >= 15 is 0 Å². The molecule has 0 saturated heterocycles. The maximum atomic E-state index is 9.55. The summed E-state index contributed by atoms with van der Waals surface area (Å²) < 4.78 is 0. The van der Waals surface area contributed by atoms with Crippen LogP contribution in [-0.2, 0) is 21.5 Å². The van der Waals surface area contributed by atoms with Gasteiger partial charge < -0.3 is 15.9 Å². The van der Waals surface area contributed by atoms with Crippen LogP contribution in [-0.4, -0.2) is 22.2 Å². The van der Waals surface area contributed by atoms with Crippen LogP contribution in [0.5, 0.6) is 0 Å². The first-order chi connectivity index (χ1) is 11.2. The van der Waals surface area contributed by atoms with Crippen LogP contribution in [0.25, 0.3) is 0 Å². The first kappa shape index (κ1) is 19.6. The molecule has 0 spiro atoms. The monoisotopic (exact) mass is 347 g/mol. The summed E-state index contributed by atoms with van der Waals surface area (Å²) in [6, 6.07) is 12.6. The molecule has 1 unspecified atom stereocenters. The van der Waals surface area contributed by atoms with Gasteiger partial charge in [0, 0.05) is 17.0 Å². The van der Waals surface area contributed by atoms with Gasteiger partial charge in [0.05, 0.1) is 5.54 Å². The Labute approximate surface area is 145 Å². The Hall–Kier alpha value is -2.44. The SMILES string of the molecule is Cc1ccsc1C(C)(N)Cc1ccccc1.O=C(O)C=CC(=O)O. The Kier molecular flexibility index (Phi) is 7.35. The Morgan fingerprint density at radius 3 is 2.08 bits per heavy atom. The van der Waals surface area contributed by atoms with Gasteiger partial charge in [-0.25, -0.2) is 9.59 Å². The van der Waals surface area contributed by atoms with Gasteiger partial charge in [-0.2, -0.15) is 0 Å². The second-order valence-corrected chi connectivity index (χ2v) is 6.44. The number of hydrogen-bond acceptors (Lipinski definition) is 4. The Bertz CT molecular complexity index is 689. The van der Waals surface area contributed by atoms with Crippen LogP contribution in [0, 0.1) is 6.92 Å². The predicted molar refractivity (Wildman–Crippen MR) is 95.2 cm³/mol. The fourth-order valence-corrected chi connectivity index (χ4v) is 3.20. The molecule has 1 aromatic carbocycles. The summed E-state index contributed by atoms with van der Waals surface area (Å²) in [5.41, 5.74) is 8.75. The van der Waals surface area contributed by atoms with E-state index in [1.165, 1.54) is 16.0 Å². The number of nitrogens with two attached hydrogens (primary N) is 1. The third-order valence-electron chi connectivity index (χ3n) is 3.16. The highest BCUT2D eigenvalue weighted by Gasteiger charge is 2.24. The summed E-state index contributed by atoms with van der Waals surface area (Å²) in [4.78, 5) is 20.4. The molecule has 24 heavy (non-hydrogen) atoms. The van der Waals surface area contributed by atoms with E-state index in [1.54, 1.807) is 11.3 Å². The molecule has 0 saturated carbocycles. The average Bonchev–Trinajstić information content (AvgIpc) is 2.93. The Morgan fingerprint density at radius 1 is 1.12 bits per heavy atom. The largest absolute Gasteiger partial charge is 0.478 e. The summed E-state index contributed by atoms with van der Waals surface area (Å²) >= 11 is 1.75. The number of carboxylic acids is 2. The van der Waals surface area contributed by atoms with Gasteiger partial charge in [-0.1, -0.05) is 30.3 Å². The van der Waals surface area contributed by atoms with E-state index in [0.29, 0.717) is 12.2 Å². The lowest BCUT2D eigenvalue weighted by Crippen LogP contribution is -2.35. The molecule has 1 atom stereocenters. The van der Waals surface area contributed by atoms with Crippen molar-refractivity contribution in [2.75, 3.05) is 0 Å². The molecule has 2 rings (SSSR count). The number of aliphatic carboxylic acids is 2. The van der Waals surface area contributed by atoms with Crippen LogP contribution in [0.2, 0.25) is 0 Å². The number of benzene rings is 1. The molecule has 1 heterocycles. The third-order valence-corrected chi connectivity index (χ3v) is 4.46. The molecule has 0 aliphatic carbocycles. The van der Waals surface area contributed by atoms with E-state index in [4.69, 9.17) is 15.9 Å². The minimum absolute atomic E-state index is 0.264. The van der Waals surface area contributed by atoms with Crippen molar-refractivity contribution in [1.29, 1.82) is 0 Å². The van der Waals surface area contributed by atoms with Crippen LogP contribution < -0.4 is 5.73 Å². The van der Waals surface area contributed by atoms with E-state index in [2.05, 4.69) is 49.6 Å². The molecule has 0 aliphatic heterocycles. The molecule has 0 aliphatic rings. The summed E-state index contributed by atoms with van der Waals surface area (Å²) in [5.74, 6) is -2.51. The van der Waals surface area contributed by atoms with Gasteiger partial charge in [-0.3, -0.25) is 0 Å². The number of thiophene rings is 1. The topological polar surface area (TPSA) is 101 Å². The van der Waals surface area contributed by atoms with Crippen molar-refractivity contribution < 1.29 is 19.8 Å². The fourth-order valence-electron chi connectivity index (χ4n) is 2.20. The van der Waals surface area contributed by atoms with Gasteiger partial charge in [-0.15, -0.1) is 11.3 Å². The van der Waals surface area contributed by atoms with Gasteiger partial charge in [-0.05, 0) is 42.8 Å². The lowest BCUT2D eigenvalue weighted by atomic mass is 9.90. The van der Waals surface area contributed by atoms with Crippen molar-refractivity contribution in [1.82, 2.24) is 0 Å². The lowest BCUT2D eigenvalue weighted by Gasteiger charge is -2.24. The fraction of sp³-hybridized carbons (Fsp3) is 0.222. The van der Waals surface area contributed by atoms with Gasteiger partial charge in [0.25, 0.3) is 0 Å². The second kappa shape index (κ2) is 9.00. The average molecular weight is 347 g/mol. The van der Waals surface area contributed by atoms with Crippen molar-refractivity contribution in [3.05, 3.63) is 69.9 Å². The summed E-state index contributed by atoms with van der Waals surface area (Å²) in [7, 11) is 0. The maximum Gasteiger partial charge on any atom is 0.328 e. The Balaban J connectivity index is 0.000000307. The van der Waals surface area contributed by atoms with E-state index in [-0.39, 0.29) is 5.54 Å². The number of carboxylic acid groups (broad SMARTS) is 2. The highest BCUT2D eigenvalue weighted by Crippen LogP contribution is 2.29. The maximum absolute atomic E-state index is 9.55. The molecule has 128 valence electrons. The smallest absolute Gasteiger partial charge is 0.328 e. The van der Waals surface area contributed by atoms with Crippen LogP contribution in [0.15, 0.2) is 53.9 Å². The number of hydrogen-bond donors (Lipinski definition) is 3. The van der Waals surface area contributed by atoms with E-state index in [9.17, 15) is 9.59 Å². The van der Waals surface area contributed by atoms with Crippen molar-refractivity contribution in [2.24, 2.45) is 5.73 Å². The quantitative estimate of drug-likeness (QED) is 0.721. The van der Waals surface area contributed by atoms with Crippen LogP contribution >= 0.6 is 11.3 Å². The zero-order valence-electron chi connectivity index (χ0n) is 13.6. The highest BCUT2D eigenvalue weighted by molar-refractivity contribution is 7.10. The van der Waals surface area contributed by atoms with Crippen molar-refractivity contribution in [2.45, 2.75) is 25.8 Å². The van der Waals surface area contributed by atoms with Crippen molar-refractivity contribution >= 4 is 23.3 Å². The molecular weight excluding hydrogens is 326 g/mol. The van der Waals surface area contributed by atoms with Gasteiger partial charge in [0.2, 0.25) is 0 Å². The minimum atomic E-state index is -1.26. The first-order valence-electron chi connectivity index (χ1n) is 7.23. The number of rotatable bonds is 5. The molecule has 0 radical (unpaired) electrons. The standard InChI is InChI=1S/C14H17NS.C4H4O4/c1-11-8-9-16-13(11)14(2,15)10-12-6-4-3-5-7-12;5-3(6)1-2-4(7)8/h3-9H,10,15H2,1-2H3;1-2H,(H,5,6)(H,7,8). The van der Waals surface area contributed by atoms with Crippen molar-refractivity contribution in [3.8, 4) is 0 Å². The normalized spacial score (nSPS) is 13.0. The summed E-state index contributed by atoms with van der Waals surface area (Å²) in [6.07, 6.45) is 2.00. The van der Waals surface area contributed by atoms with Crippen LogP contribution in [0.4, 0.5) is 0 Å². The molecule has 0 fully saturated rings. The summed E-state index contributed by atoms with van der Waals surface area (Å²) in [6.45, 7) is 4.24. The Morgan fingerprint density at radius 2 is 1.67 bits per heavy atom. The molecule has 6 heteroatoms. The van der Waals surface area contributed by atoms with Gasteiger partial charge in [0.1, 0.15) is 0 Å². The number of aryl methyl sites for hydroxylation is 1. The van der Waals surface area contributed by atoms with E-state index in [0.717, 1.165) is 6.42 Å². The summed E-state index contributed by atoms with van der Waals surface area (Å²) in [5, 5.41) is 17.7. The molecule has 1 aromatic heterocycles. The molecule has 0 bridgehead atoms. The lowest BCUT2D eigenvalue weighted by molar-refractivity contribution is -0.134. The second-order valence-electron chi connectivity index (χ2n) is 5.52. The molecule has 0 amide bonds. The highest BCUT2D eigenvalue weighted by atomic mass is 32.1. The molecule has 5 nitrogen and oxygen atoms in total.